The molecule has 0 amide bonds. The Morgan fingerprint density at radius 3 is 1.80 bits per heavy atom. The molecule has 230 valence electrons. The lowest BCUT2D eigenvalue weighted by molar-refractivity contribution is 0.378. The number of thiocarbonyl (C=S) groups is 1. The van der Waals surface area contributed by atoms with E-state index in [2.05, 4.69) is 160 Å². The Kier molecular flexibility index (Phi) is 9.46. The highest BCUT2D eigenvalue weighted by molar-refractivity contribution is 7.80. The van der Waals surface area contributed by atoms with Crippen LogP contribution in [-0.2, 0) is 12.1 Å². The molecule has 2 heterocycles. The van der Waals surface area contributed by atoms with E-state index < -0.39 is 5.54 Å². The second-order valence-electron chi connectivity index (χ2n) is 12.0. The predicted molar refractivity (Wildman–Crippen MR) is 190 cm³/mol. The van der Waals surface area contributed by atoms with Crippen molar-refractivity contribution in [1.82, 2.24) is 19.8 Å². The Morgan fingerprint density at radius 1 is 0.756 bits per heavy atom. The Bertz CT molecular complexity index is 1550. The van der Waals surface area contributed by atoms with Crippen LogP contribution in [0.5, 0.6) is 0 Å². The first-order valence-electron chi connectivity index (χ1n) is 15.9. The molecule has 6 rings (SSSR count). The van der Waals surface area contributed by atoms with Gasteiger partial charge >= 0.3 is 0 Å². The molecular weight excluding hydrogens is 573 g/mol. The Labute approximate surface area is 272 Å². The number of nitrogens with one attached hydrogen (secondary N) is 2. The van der Waals surface area contributed by atoms with Crippen molar-refractivity contribution in [3.05, 3.63) is 150 Å². The van der Waals surface area contributed by atoms with E-state index in [0.29, 0.717) is 12.5 Å². The van der Waals surface area contributed by atoms with Crippen molar-refractivity contribution < 1.29 is 0 Å². The maximum absolute atomic E-state index is 5.61. The SMILES string of the molecule is CC(C)CNC(=S)N1CCN(c2ccc(NCc3cn(C(c4ccccc4)(c4ccccc4)c4ccccc4)cn3)cc2)CC1. The van der Waals surface area contributed by atoms with Crippen LogP contribution in [0.15, 0.2) is 128 Å². The zero-order valence-electron chi connectivity index (χ0n) is 26.1. The van der Waals surface area contributed by atoms with Gasteiger partial charge in [0.2, 0.25) is 0 Å². The molecule has 1 fully saturated rings. The number of nitrogens with zero attached hydrogens (tertiary/aromatic N) is 4. The van der Waals surface area contributed by atoms with E-state index in [-0.39, 0.29) is 0 Å². The third-order valence-electron chi connectivity index (χ3n) is 8.53. The summed E-state index contributed by atoms with van der Waals surface area (Å²) in [4.78, 5) is 9.60. The van der Waals surface area contributed by atoms with Crippen molar-refractivity contribution in [2.45, 2.75) is 25.9 Å². The summed E-state index contributed by atoms with van der Waals surface area (Å²) in [6.07, 6.45) is 4.14. The number of hydrogen-bond donors (Lipinski definition) is 2. The van der Waals surface area contributed by atoms with E-state index in [0.717, 1.165) is 49.2 Å². The van der Waals surface area contributed by atoms with E-state index in [1.807, 2.05) is 6.33 Å². The molecule has 0 spiro atoms. The van der Waals surface area contributed by atoms with E-state index in [1.165, 1.54) is 22.4 Å². The van der Waals surface area contributed by atoms with Crippen molar-refractivity contribution in [1.29, 1.82) is 0 Å². The smallest absolute Gasteiger partial charge is 0.169 e. The van der Waals surface area contributed by atoms with Gasteiger partial charge in [0.05, 0.1) is 18.6 Å². The molecule has 1 aliphatic heterocycles. The molecule has 45 heavy (non-hydrogen) atoms. The predicted octanol–water partition coefficient (Wildman–Crippen LogP) is 6.99. The van der Waals surface area contributed by atoms with Gasteiger partial charge in [-0.1, -0.05) is 105 Å². The van der Waals surface area contributed by atoms with Crippen molar-refractivity contribution in [3.8, 4) is 0 Å². The van der Waals surface area contributed by atoms with Gasteiger partial charge in [0.15, 0.2) is 5.11 Å². The summed E-state index contributed by atoms with van der Waals surface area (Å²) in [5.74, 6) is 0.582. The lowest BCUT2D eigenvalue weighted by Crippen LogP contribution is -2.52. The van der Waals surface area contributed by atoms with Gasteiger partial charge in [0.1, 0.15) is 5.54 Å². The summed E-state index contributed by atoms with van der Waals surface area (Å²) in [6, 6.07) is 40.8. The van der Waals surface area contributed by atoms with E-state index in [1.54, 1.807) is 0 Å². The Morgan fingerprint density at radius 2 is 1.29 bits per heavy atom. The fraction of sp³-hybridized carbons (Fsp3) is 0.263. The number of piperazine rings is 1. The number of anilines is 2. The fourth-order valence-electron chi connectivity index (χ4n) is 6.18. The minimum atomic E-state index is -0.561. The van der Waals surface area contributed by atoms with Gasteiger partial charge in [-0.2, -0.15) is 0 Å². The molecule has 0 saturated carbocycles. The number of benzene rings is 4. The van der Waals surface area contributed by atoms with Crippen LogP contribution in [0.3, 0.4) is 0 Å². The Hall–Kier alpha value is -4.62. The van der Waals surface area contributed by atoms with Crippen LogP contribution >= 0.6 is 12.2 Å². The quantitative estimate of drug-likeness (QED) is 0.131. The summed E-state index contributed by atoms with van der Waals surface area (Å²) < 4.78 is 2.26. The first kappa shape index (κ1) is 30.4. The van der Waals surface area contributed by atoms with Gasteiger partial charge in [-0.15, -0.1) is 0 Å². The van der Waals surface area contributed by atoms with Crippen molar-refractivity contribution >= 4 is 28.7 Å². The maximum Gasteiger partial charge on any atom is 0.169 e. The maximum atomic E-state index is 5.61. The van der Waals surface area contributed by atoms with Crippen molar-refractivity contribution in [2.75, 3.05) is 42.9 Å². The normalized spacial score (nSPS) is 13.6. The third kappa shape index (κ3) is 6.74. The van der Waals surface area contributed by atoms with E-state index in [9.17, 15) is 0 Å². The number of hydrogen-bond acceptors (Lipinski definition) is 4. The van der Waals surface area contributed by atoms with E-state index >= 15 is 0 Å². The average Bonchev–Trinajstić information content (AvgIpc) is 3.57. The molecule has 1 aliphatic rings. The molecule has 0 radical (unpaired) electrons. The van der Waals surface area contributed by atoms with Crippen LogP contribution in [0.4, 0.5) is 11.4 Å². The van der Waals surface area contributed by atoms with Crippen LogP contribution in [-0.4, -0.2) is 52.3 Å². The highest BCUT2D eigenvalue weighted by Crippen LogP contribution is 2.40. The summed E-state index contributed by atoms with van der Waals surface area (Å²) in [5.41, 5.74) is 6.28. The second kappa shape index (κ2) is 14.0. The monoisotopic (exact) mass is 614 g/mol. The first-order valence-corrected chi connectivity index (χ1v) is 16.3. The molecule has 0 bridgehead atoms. The molecular formula is C38H42N6S. The molecule has 0 aliphatic carbocycles. The Balaban J connectivity index is 1.16. The standard InChI is InChI=1S/C38H42N6S/c1-30(2)26-40-37(45)43-24-22-42(23-25-43)36-20-18-34(19-21-36)39-27-35-28-44(29-41-35)38(31-12-6-3-7-13-31,32-14-8-4-9-15-32)33-16-10-5-11-17-33/h3-21,28-30,39H,22-27H2,1-2H3,(H,40,45). The first-order chi connectivity index (χ1) is 22.0. The van der Waals surface area contributed by atoms with Gasteiger partial charge in [0, 0.05) is 50.3 Å². The summed E-state index contributed by atoms with van der Waals surface area (Å²) in [7, 11) is 0. The van der Waals surface area contributed by atoms with Crippen LogP contribution in [0.2, 0.25) is 0 Å². The molecule has 1 aromatic heterocycles. The number of imidazole rings is 1. The molecule has 4 aromatic carbocycles. The zero-order valence-corrected chi connectivity index (χ0v) is 27.0. The molecule has 2 N–H and O–H groups in total. The van der Waals surface area contributed by atoms with E-state index in [4.69, 9.17) is 17.2 Å². The van der Waals surface area contributed by atoms with Gasteiger partial charge < -0.3 is 25.0 Å². The zero-order chi connectivity index (χ0) is 31.1. The number of rotatable bonds is 10. The van der Waals surface area contributed by atoms with Gasteiger partial charge in [-0.3, -0.25) is 0 Å². The molecule has 6 nitrogen and oxygen atoms in total. The summed E-state index contributed by atoms with van der Waals surface area (Å²) >= 11 is 5.61. The topological polar surface area (TPSA) is 48.4 Å². The number of aromatic nitrogens is 2. The average molecular weight is 615 g/mol. The minimum absolute atomic E-state index is 0.561. The van der Waals surface area contributed by atoms with Gasteiger partial charge in [-0.25, -0.2) is 4.98 Å². The molecule has 7 heteroatoms. The highest BCUT2D eigenvalue weighted by Gasteiger charge is 2.38. The summed E-state index contributed by atoms with van der Waals surface area (Å²) in [6.45, 7) is 9.73. The molecule has 5 aromatic rings. The lowest BCUT2D eigenvalue weighted by atomic mass is 9.77. The molecule has 1 saturated heterocycles. The largest absolute Gasteiger partial charge is 0.379 e. The fourth-order valence-corrected chi connectivity index (χ4v) is 6.44. The van der Waals surface area contributed by atoms with Crippen LogP contribution in [0.1, 0.15) is 36.2 Å². The lowest BCUT2D eigenvalue weighted by Gasteiger charge is -2.37. The van der Waals surface area contributed by atoms with Crippen LogP contribution in [0.25, 0.3) is 0 Å². The van der Waals surface area contributed by atoms with Crippen LogP contribution in [0, 0.1) is 5.92 Å². The third-order valence-corrected chi connectivity index (χ3v) is 8.94. The van der Waals surface area contributed by atoms with Crippen LogP contribution < -0.4 is 15.5 Å². The van der Waals surface area contributed by atoms with Gasteiger partial charge in [0.25, 0.3) is 0 Å². The second-order valence-corrected chi connectivity index (χ2v) is 12.4. The molecule has 0 unspecified atom stereocenters. The molecule has 0 atom stereocenters. The van der Waals surface area contributed by atoms with Crippen molar-refractivity contribution in [2.24, 2.45) is 5.92 Å². The summed E-state index contributed by atoms with van der Waals surface area (Å²) in [5, 5.41) is 7.87. The minimum Gasteiger partial charge on any atom is -0.379 e. The van der Waals surface area contributed by atoms with Gasteiger partial charge in [-0.05, 0) is 59.1 Å². The highest BCUT2D eigenvalue weighted by atomic mass is 32.1. The van der Waals surface area contributed by atoms with Crippen molar-refractivity contribution in [3.63, 3.8) is 0 Å².